The molecule has 1 aromatic rings. The lowest BCUT2D eigenvalue weighted by Gasteiger charge is -2.38. The molecule has 0 amide bonds. The van der Waals surface area contributed by atoms with Gasteiger partial charge < -0.3 is 19.9 Å². The molecule has 0 fully saturated rings. The molecule has 2 unspecified atom stereocenters. The van der Waals surface area contributed by atoms with Crippen LogP contribution in [0.1, 0.15) is 31.2 Å². The van der Waals surface area contributed by atoms with E-state index in [2.05, 4.69) is 21.2 Å². The van der Waals surface area contributed by atoms with Gasteiger partial charge in [-0.15, -0.1) is 0 Å². The van der Waals surface area contributed by atoms with Crippen molar-refractivity contribution < 1.29 is 24.2 Å². The maximum atomic E-state index is 12.7. The molecule has 0 aromatic heterocycles. The number of allylic oxidation sites excluding steroid dienone is 3. The molecule has 0 saturated heterocycles. The second-order valence-corrected chi connectivity index (χ2v) is 7.18. The van der Waals surface area contributed by atoms with Gasteiger partial charge in [0.25, 0.3) is 0 Å². The Morgan fingerprint density at radius 3 is 2.69 bits per heavy atom. The minimum atomic E-state index is -0.520. The van der Waals surface area contributed by atoms with E-state index < -0.39 is 17.8 Å². The molecule has 0 bridgehead atoms. The van der Waals surface area contributed by atoms with Crippen LogP contribution in [-0.2, 0) is 14.3 Å². The molecule has 7 heteroatoms. The highest BCUT2D eigenvalue weighted by Gasteiger charge is 2.43. The molecular weight excluding hydrogens is 402 g/mol. The average Bonchev–Trinajstić information content (AvgIpc) is 2.62. The lowest BCUT2D eigenvalue weighted by molar-refractivity contribution is -0.136. The second kappa shape index (κ2) is 7.15. The number of aromatic hydroxyl groups is 1. The summed E-state index contributed by atoms with van der Waals surface area (Å²) in [5, 5.41) is 13.3. The second-order valence-electron chi connectivity index (χ2n) is 6.33. The summed E-state index contributed by atoms with van der Waals surface area (Å²) in [5.41, 5.74) is 2.56. The summed E-state index contributed by atoms with van der Waals surface area (Å²) in [6, 6.07) is 3.37. The first-order chi connectivity index (χ1) is 12.4. The van der Waals surface area contributed by atoms with Crippen molar-refractivity contribution in [3.05, 3.63) is 45.2 Å². The van der Waals surface area contributed by atoms with E-state index in [9.17, 15) is 14.7 Å². The van der Waals surface area contributed by atoms with E-state index in [0.29, 0.717) is 34.1 Å². The zero-order valence-corrected chi connectivity index (χ0v) is 16.3. The molecule has 2 atom stereocenters. The van der Waals surface area contributed by atoms with Gasteiger partial charge in [-0.05, 0) is 47.0 Å². The molecule has 1 aliphatic carbocycles. The van der Waals surface area contributed by atoms with E-state index in [4.69, 9.17) is 9.47 Å². The molecule has 1 aromatic carbocycles. The molecule has 138 valence electrons. The van der Waals surface area contributed by atoms with Gasteiger partial charge in [0.1, 0.15) is 5.78 Å². The molecule has 1 heterocycles. The molecule has 26 heavy (non-hydrogen) atoms. The number of ether oxygens (including phenoxy) is 2. The van der Waals surface area contributed by atoms with Crippen LogP contribution in [0, 0.1) is 5.92 Å². The number of fused-ring (bicyclic) bond motifs is 1. The van der Waals surface area contributed by atoms with E-state index in [1.165, 1.54) is 14.2 Å². The van der Waals surface area contributed by atoms with Gasteiger partial charge in [-0.2, -0.15) is 0 Å². The first kappa shape index (κ1) is 18.5. The van der Waals surface area contributed by atoms with E-state index in [1.54, 1.807) is 19.1 Å². The smallest absolute Gasteiger partial charge is 0.336 e. The third-order valence-electron chi connectivity index (χ3n) is 4.85. The number of hydrogen-bond acceptors (Lipinski definition) is 6. The van der Waals surface area contributed by atoms with Crippen molar-refractivity contribution in [3.8, 4) is 11.5 Å². The maximum absolute atomic E-state index is 12.7. The fourth-order valence-corrected chi connectivity index (χ4v) is 4.14. The molecule has 6 nitrogen and oxygen atoms in total. The molecule has 1 aliphatic heterocycles. The van der Waals surface area contributed by atoms with Crippen molar-refractivity contribution in [1.29, 1.82) is 0 Å². The molecule has 0 spiro atoms. The third-order valence-corrected chi connectivity index (χ3v) is 5.46. The van der Waals surface area contributed by atoms with Crippen LogP contribution >= 0.6 is 15.9 Å². The highest BCUT2D eigenvalue weighted by Crippen LogP contribution is 2.47. The third kappa shape index (κ3) is 3.00. The van der Waals surface area contributed by atoms with Crippen LogP contribution in [0.2, 0.25) is 0 Å². The lowest BCUT2D eigenvalue weighted by Crippen LogP contribution is -2.40. The van der Waals surface area contributed by atoms with Gasteiger partial charge in [-0.3, -0.25) is 4.79 Å². The number of methoxy groups -OCH3 is 2. The van der Waals surface area contributed by atoms with Crippen molar-refractivity contribution in [3.63, 3.8) is 0 Å². The fourth-order valence-electron chi connectivity index (χ4n) is 3.68. The Morgan fingerprint density at radius 1 is 1.31 bits per heavy atom. The summed E-state index contributed by atoms with van der Waals surface area (Å²) >= 11 is 3.32. The number of carbonyl (C=O) groups is 2. The highest BCUT2D eigenvalue weighted by atomic mass is 79.9. The predicted octanol–water partition coefficient (Wildman–Crippen LogP) is 3.16. The van der Waals surface area contributed by atoms with Crippen molar-refractivity contribution in [2.24, 2.45) is 5.92 Å². The standard InChI is InChI=1S/C19H20BrNO5/c1-9-15(19(24)26-3)16(17-12(21-9)5-4-6-13(17)22)10-7-11(20)18(23)14(8-10)25-2/h5,7-8,16-17,21,23H,4,6H2,1-3H3. The van der Waals surface area contributed by atoms with Gasteiger partial charge in [0.2, 0.25) is 0 Å². The van der Waals surface area contributed by atoms with Crippen LogP contribution in [0.3, 0.4) is 0 Å². The number of phenols is 1. The lowest BCUT2D eigenvalue weighted by atomic mass is 9.71. The number of hydrogen-bond donors (Lipinski definition) is 2. The largest absolute Gasteiger partial charge is 0.503 e. The van der Waals surface area contributed by atoms with Gasteiger partial charge in [-0.1, -0.05) is 6.08 Å². The van der Waals surface area contributed by atoms with Crippen LogP contribution in [0.25, 0.3) is 0 Å². The summed E-state index contributed by atoms with van der Waals surface area (Å²) < 4.78 is 10.7. The molecular formula is C19H20BrNO5. The van der Waals surface area contributed by atoms with Gasteiger partial charge in [0, 0.05) is 23.7 Å². The Labute approximate surface area is 160 Å². The quantitative estimate of drug-likeness (QED) is 0.729. The van der Waals surface area contributed by atoms with Gasteiger partial charge in [0.05, 0.1) is 30.2 Å². The number of Topliss-reactive ketones (excluding diaryl/α,β-unsaturated/α-hetero) is 1. The van der Waals surface area contributed by atoms with Gasteiger partial charge in [0.15, 0.2) is 11.5 Å². The molecule has 2 N–H and O–H groups in total. The van der Waals surface area contributed by atoms with Crippen LogP contribution in [-0.4, -0.2) is 31.1 Å². The number of benzene rings is 1. The average molecular weight is 422 g/mol. The maximum Gasteiger partial charge on any atom is 0.336 e. The Bertz CT molecular complexity index is 843. The van der Waals surface area contributed by atoms with E-state index in [-0.39, 0.29) is 17.3 Å². The molecule has 3 rings (SSSR count). The first-order valence-electron chi connectivity index (χ1n) is 8.24. The van der Waals surface area contributed by atoms with E-state index in [0.717, 1.165) is 5.70 Å². The SMILES string of the molecule is COC(=O)C1=C(C)NC2=CCCC(=O)C2C1c1cc(Br)c(O)c(OC)c1. The van der Waals surface area contributed by atoms with Crippen LogP contribution in [0.15, 0.2) is 39.6 Å². The zero-order valence-electron chi connectivity index (χ0n) is 14.8. The number of phenolic OH excluding ortho intramolecular Hbond substituents is 1. The Hall–Kier alpha value is -2.28. The van der Waals surface area contributed by atoms with Gasteiger partial charge in [-0.25, -0.2) is 4.79 Å². The van der Waals surface area contributed by atoms with E-state index >= 15 is 0 Å². The Morgan fingerprint density at radius 2 is 2.04 bits per heavy atom. The summed E-state index contributed by atoms with van der Waals surface area (Å²) in [6.07, 6.45) is 3.10. The monoisotopic (exact) mass is 421 g/mol. The summed E-state index contributed by atoms with van der Waals surface area (Å²) in [6.45, 7) is 1.79. The first-order valence-corrected chi connectivity index (χ1v) is 9.03. The number of ketones is 1. The van der Waals surface area contributed by atoms with Crippen LogP contribution in [0.5, 0.6) is 11.5 Å². The fraction of sp³-hybridized carbons (Fsp3) is 0.368. The minimum absolute atomic E-state index is 0.0313. The number of halogens is 1. The molecule has 0 saturated carbocycles. The number of esters is 1. The Kier molecular flexibility index (Phi) is 5.09. The highest BCUT2D eigenvalue weighted by molar-refractivity contribution is 9.10. The van der Waals surface area contributed by atoms with Crippen molar-refractivity contribution in [1.82, 2.24) is 5.32 Å². The number of carbonyl (C=O) groups excluding carboxylic acids is 2. The number of nitrogens with one attached hydrogen (secondary N) is 1. The number of rotatable bonds is 3. The molecule has 0 radical (unpaired) electrons. The minimum Gasteiger partial charge on any atom is -0.503 e. The van der Waals surface area contributed by atoms with Crippen LogP contribution < -0.4 is 10.1 Å². The topological polar surface area (TPSA) is 84.9 Å². The van der Waals surface area contributed by atoms with Crippen molar-refractivity contribution in [2.45, 2.75) is 25.7 Å². The normalized spacial score (nSPS) is 22.3. The summed E-state index contributed by atoms with van der Waals surface area (Å²) in [5.74, 6) is -1.20. The zero-order chi connectivity index (χ0) is 19.0. The van der Waals surface area contributed by atoms with E-state index in [1.807, 2.05) is 6.08 Å². The molecule has 2 aliphatic rings. The van der Waals surface area contributed by atoms with Crippen molar-refractivity contribution in [2.75, 3.05) is 14.2 Å². The predicted molar refractivity (Wildman–Crippen MR) is 98.8 cm³/mol. The van der Waals surface area contributed by atoms with Gasteiger partial charge >= 0.3 is 5.97 Å². The summed E-state index contributed by atoms with van der Waals surface area (Å²) in [7, 11) is 2.77. The van der Waals surface area contributed by atoms with Crippen molar-refractivity contribution >= 4 is 27.7 Å². The Balaban J connectivity index is 2.25. The van der Waals surface area contributed by atoms with Crippen LogP contribution in [0.4, 0.5) is 0 Å². The summed E-state index contributed by atoms with van der Waals surface area (Å²) in [4.78, 5) is 25.2.